The summed E-state index contributed by atoms with van der Waals surface area (Å²) in [6, 6.07) is 0. The summed E-state index contributed by atoms with van der Waals surface area (Å²) in [6.07, 6.45) is 0. The van der Waals surface area contributed by atoms with Crippen LogP contribution < -0.4 is 0 Å². The van der Waals surface area contributed by atoms with Crippen LogP contribution in [0.5, 0.6) is 0 Å². The first kappa shape index (κ1) is 13.4. The van der Waals surface area contributed by atoms with Crippen LogP contribution in [0.15, 0.2) is 0 Å². The Morgan fingerprint density at radius 2 is 2.14 bits per heavy atom. The van der Waals surface area contributed by atoms with E-state index in [0.717, 1.165) is 11.8 Å². The Morgan fingerprint density at radius 1 is 1.64 bits per heavy atom. The fourth-order valence-electron chi connectivity index (χ4n) is 0.711. The second kappa shape index (κ2) is 5.30. The third kappa shape index (κ3) is 2.95. The maximum Gasteiger partial charge on any atom is 0.347 e. The van der Waals surface area contributed by atoms with Crippen LogP contribution in [0.4, 0.5) is 0 Å². The fourth-order valence-corrected chi connectivity index (χ4v) is 1.87. The molecule has 1 atom stereocenters. The van der Waals surface area contributed by atoms with E-state index in [1.165, 1.54) is 13.8 Å². The number of rotatable bonds is 5. The predicted octanol–water partition coefficient (Wildman–Crippen LogP) is 1.00. The molecule has 0 heterocycles. The molecule has 0 radical (unpaired) electrons. The molecular weight excluding hydrogens is 228 g/mol. The van der Waals surface area contributed by atoms with Crippen LogP contribution >= 0.6 is 24.4 Å². The summed E-state index contributed by atoms with van der Waals surface area (Å²) < 4.78 is 0. The van der Waals surface area contributed by atoms with E-state index in [2.05, 4.69) is 12.6 Å². The zero-order valence-corrected chi connectivity index (χ0v) is 9.55. The van der Waals surface area contributed by atoms with E-state index in [4.69, 9.17) is 5.21 Å². The highest BCUT2D eigenvalue weighted by atomic mass is 32.2. The Labute approximate surface area is 91.1 Å². The molecule has 0 saturated heterocycles. The Bertz CT molecular complexity index is 254. The van der Waals surface area contributed by atoms with Gasteiger partial charge in [0.1, 0.15) is 0 Å². The van der Waals surface area contributed by atoms with Crippen LogP contribution in [-0.2, 0) is 0 Å². The smallest absolute Gasteiger partial charge is 0.347 e. The van der Waals surface area contributed by atoms with E-state index >= 15 is 0 Å². The van der Waals surface area contributed by atoms with Gasteiger partial charge >= 0.3 is 10.6 Å². The first-order valence-corrected chi connectivity index (χ1v) is 5.37. The van der Waals surface area contributed by atoms with E-state index in [-0.39, 0.29) is 5.71 Å². The molecule has 0 fully saturated rings. The minimum absolute atomic E-state index is 0.255. The molecule has 0 aliphatic carbocycles. The van der Waals surface area contributed by atoms with Crippen molar-refractivity contribution in [3.05, 3.63) is 15.3 Å². The molecule has 8 heteroatoms. The first-order valence-electron chi connectivity index (χ1n) is 3.75. The van der Waals surface area contributed by atoms with Crippen molar-refractivity contribution in [1.29, 1.82) is 0 Å². The fraction of sp³-hybridized carbons (Fsp3) is 0.833. The monoisotopic (exact) mass is 240 g/mol. The molecule has 0 amide bonds. The normalized spacial score (nSPS) is 17.1. The zero-order chi connectivity index (χ0) is 11.4. The van der Waals surface area contributed by atoms with Crippen LogP contribution in [0.25, 0.3) is 0 Å². The van der Waals surface area contributed by atoms with Crippen molar-refractivity contribution in [2.45, 2.75) is 18.7 Å². The highest BCUT2D eigenvalue weighted by Gasteiger charge is 2.47. The Balaban J connectivity index is 4.91. The topological polar surface area (TPSA) is 89.4 Å². The lowest BCUT2D eigenvalue weighted by Crippen LogP contribution is -2.42. The third-order valence-electron chi connectivity index (χ3n) is 1.78. The van der Waals surface area contributed by atoms with Gasteiger partial charge in [-0.2, -0.15) is 12.6 Å². The molecule has 0 aromatic carbocycles. The van der Waals surface area contributed by atoms with Crippen LogP contribution in [0, 0.1) is 15.3 Å². The van der Waals surface area contributed by atoms with E-state index in [0.29, 0.717) is 11.5 Å². The number of nitro groups is 1. The van der Waals surface area contributed by atoms with Crippen molar-refractivity contribution in [3.63, 3.8) is 0 Å². The van der Waals surface area contributed by atoms with Crippen molar-refractivity contribution in [3.8, 4) is 0 Å². The molecular formula is C6H12N2O4S2. The molecule has 0 rings (SSSR count). The van der Waals surface area contributed by atoms with Crippen molar-refractivity contribution in [2.24, 2.45) is 0 Å². The molecule has 1 unspecified atom stereocenters. The minimum atomic E-state index is -1.60. The van der Waals surface area contributed by atoms with Crippen molar-refractivity contribution in [2.75, 3.05) is 11.5 Å². The highest BCUT2D eigenvalue weighted by molar-refractivity contribution is 8.01. The van der Waals surface area contributed by atoms with Gasteiger partial charge in [0.2, 0.25) is 0 Å². The Kier molecular flexibility index (Phi) is 5.06. The van der Waals surface area contributed by atoms with Gasteiger partial charge in [0.15, 0.2) is 0 Å². The number of hydrogen-bond donors (Lipinski definition) is 2. The van der Waals surface area contributed by atoms with E-state index in [1.807, 2.05) is 0 Å². The summed E-state index contributed by atoms with van der Waals surface area (Å²) in [5.41, 5.74) is -0.255. The summed E-state index contributed by atoms with van der Waals surface area (Å²) in [5.74, 6) is 0.886. The van der Waals surface area contributed by atoms with Gasteiger partial charge in [-0.15, -0.1) is 0 Å². The summed E-state index contributed by atoms with van der Waals surface area (Å²) >= 11 is 4.87. The molecule has 0 aromatic rings. The van der Waals surface area contributed by atoms with Crippen LogP contribution in [0.2, 0.25) is 0 Å². The minimum Gasteiger partial charge on any atom is -0.417 e. The average molecular weight is 240 g/mol. The molecule has 0 aromatic heterocycles. The number of nitrogens with zero attached hydrogens (tertiary/aromatic N) is 2. The van der Waals surface area contributed by atoms with Crippen molar-refractivity contribution < 1.29 is 15.0 Å². The van der Waals surface area contributed by atoms with Gasteiger partial charge in [0.25, 0.3) is 0 Å². The zero-order valence-electron chi connectivity index (χ0n) is 7.84. The summed E-state index contributed by atoms with van der Waals surface area (Å²) in [6.45, 7) is 2.50. The molecule has 0 aliphatic rings. The van der Waals surface area contributed by atoms with Gasteiger partial charge in [-0.25, -0.2) is 0 Å². The summed E-state index contributed by atoms with van der Waals surface area (Å²) in [4.78, 5) is 8.07. The SMILES string of the molecule is C/C(=[N+](/[O-])O)C(C)(SCCS)[N+](=O)[O-]. The lowest BCUT2D eigenvalue weighted by molar-refractivity contribution is -0.732. The molecule has 0 saturated carbocycles. The second-order valence-electron chi connectivity index (χ2n) is 2.67. The molecule has 6 nitrogen and oxygen atoms in total. The van der Waals surface area contributed by atoms with E-state index in [1.54, 1.807) is 0 Å². The van der Waals surface area contributed by atoms with Crippen molar-refractivity contribution >= 4 is 30.1 Å². The van der Waals surface area contributed by atoms with Gasteiger partial charge in [0.05, 0.1) is 0 Å². The lowest BCUT2D eigenvalue weighted by atomic mass is 10.2. The Morgan fingerprint density at radius 3 is 2.43 bits per heavy atom. The standard InChI is InChI=1S/C6H12N2O4S2/c1-5(7(9)10)6(2,8(11)12)14-4-3-13/h13H,3-4H2,1-2H3,(H,9,10). The molecule has 0 aliphatic heterocycles. The van der Waals surface area contributed by atoms with Gasteiger partial charge in [-0.1, -0.05) is 11.8 Å². The largest absolute Gasteiger partial charge is 0.417 e. The predicted molar refractivity (Wildman–Crippen MR) is 57.8 cm³/mol. The van der Waals surface area contributed by atoms with E-state index < -0.39 is 14.7 Å². The molecule has 1 N–H and O–H groups in total. The first-order chi connectivity index (χ1) is 6.36. The maximum atomic E-state index is 10.7. The van der Waals surface area contributed by atoms with Gasteiger partial charge in [0, 0.05) is 29.4 Å². The number of thioether (sulfide) groups is 1. The van der Waals surface area contributed by atoms with Crippen LogP contribution in [0.3, 0.4) is 0 Å². The maximum absolute atomic E-state index is 10.7. The second-order valence-corrected chi connectivity index (χ2v) is 4.61. The van der Waals surface area contributed by atoms with Gasteiger partial charge < -0.3 is 5.21 Å². The number of thiol groups is 1. The molecule has 14 heavy (non-hydrogen) atoms. The Hall–Kier alpha value is -0.630. The summed E-state index contributed by atoms with van der Waals surface area (Å²) in [7, 11) is 0. The molecule has 0 bridgehead atoms. The molecule has 82 valence electrons. The lowest BCUT2D eigenvalue weighted by Gasteiger charge is -2.15. The van der Waals surface area contributed by atoms with Gasteiger partial charge in [-0.3, -0.25) is 15.3 Å². The quantitative estimate of drug-likeness (QED) is 0.142. The highest BCUT2D eigenvalue weighted by Crippen LogP contribution is 2.27. The van der Waals surface area contributed by atoms with Gasteiger partial charge in [-0.05, 0) is 5.75 Å². The summed E-state index contributed by atoms with van der Waals surface area (Å²) in [5, 5.41) is 29.9. The van der Waals surface area contributed by atoms with E-state index in [9.17, 15) is 15.3 Å². The van der Waals surface area contributed by atoms with Crippen LogP contribution in [-0.4, -0.2) is 37.1 Å². The van der Waals surface area contributed by atoms with Crippen molar-refractivity contribution in [1.82, 2.24) is 0 Å². The number of hydrogen-bond acceptors (Lipinski definition) is 6. The average Bonchev–Trinajstić information content (AvgIpc) is 2.12. The van der Waals surface area contributed by atoms with Crippen LogP contribution in [0.1, 0.15) is 13.8 Å². The molecule has 0 spiro atoms. The third-order valence-corrected chi connectivity index (χ3v) is 3.72.